The van der Waals surface area contributed by atoms with E-state index in [4.69, 9.17) is 15.9 Å². The molecule has 0 atom stereocenters. The molecule has 2 rings (SSSR count). The van der Waals surface area contributed by atoms with Gasteiger partial charge in [-0.3, -0.25) is 10.4 Å². The first-order valence-corrected chi connectivity index (χ1v) is 6.17. The van der Waals surface area contributed by atoms with Crippen LogP contribution in [0.4, 0.5) is 0 Å². The molecule has 0 spiro atoms. The van der Waals surface area contributed by atoms with Crippen LogP contribution in [0.1, 0.15) is 16.8 Å². The molecule has 98 valence electrons. The van der Waals surface area contributed by atoms with Gasteiger partial charge in [-0.25, -0.2) is 0 Å². The molecule has 0 unspecified atom stereocenters. The van der Waals surface area contributed by atoms with Gasteiger partial charge in [0, 0.05) is 23.9 Å². The first-order valence-electron chi connectivity index (χ1n) is 6.17. The highest BCUT2D eigenvalue weighted by atomic mass is 16.5. The van der Waals surface area contributed by atoms with Crippen LogP contribution in [0.2, 0.25) is 0 Å². The fourth-order valence-corrected chi connectivity index (χ4v) is 1.81. The fourth-order valence-electron chi connectivity index (χ4n) is 1.81. The second-order valence-corrected chi connectivity index (χ2v) is 4.19. The first-order chi connectivity index (χ1) is 9.27. The molecule has 0 aliphatic heterocycles. The van der Waals surface area contributed by atoms with E-state index in [0.717, 1.165) is 23.2 Å². The second kappa shape index (κ2) is 6.66. The quantitative estimate of drug-likeness (QED) is 0.472. The summed E-state index contributed by atoms with van der Waals surface area (Å²) in [5.74, 6) is 0.0731. The van der Waals surface area contributed by atoms with Crippen molar-refractivity contribution in [2.75, 3.05) is 6.61 Å². The van der Waals surface area contributed by atoms with Crippen LogP contribution < -0.4 is 5.73 Å². The molecule has 0 bridgehead atoms. The van der Waals surface area contributed by atoms with Crippen molar-refractivity contribution in [1.82, 2.24) is 4.98 Å². The van der Waals surface area contributed by atoms with Crippen LogP contribution in [0.5, 0.6) is 0 Å². The van der Waals surface area contributed by atoms with Crippen LogP contribution in [-0.2, 0) is 17.8 Å². The van der Waals surface area contributed by atoms with Crippen molar-refractivity contribution in [3.05, 3.63) is 65.5 Å². The van der Waals surface area contributed by atoms with Crippen LogP contribution in [0, 0.1) is 5.41 Å². The molecule has 2 aromatic rings. The lowest BCUT2D eigenvalue weighted by atomic mass is 10.1. The monoisotopic (exact) mass is 255 g/mol. The molecule has 0 saturated heterocycles. The highest BCUT2D eigenvalue weighted by molar-refractivity contribution is 5.96. The maximum absolute atomic E-state index is 7.50. The lowest BCUT2D eigenvalue weighted by molar-refractivity contribution is 0.123. The Bertz CT molecular complexity index is 540. The Labute approximate surface area is 112 Å². The summed E-state index contributed by atoms with van der Waals surface area (Å²) in [6.07, 6.45) is 2.56. The van der Waals surface area contributed by atoms with E-state index in [-0.39, 0.29) is 5.84 Å². The van der Waals surface area contributed by atoms with Crippen LogP contribution in [0.15, 0.2) is 48.7 Å². The third-order valence-electron chi connectivity index (χ3n) is 2.79. The van der Waals surface area contributed by atoms with Crippen molar-refractivity contribution in [2.45, 2.75) is 13.0 Å². The summed E-state index contributed by atoms with van der Waals surface area (Å²) < 4.78 is 5.62. The van der Waals surface area contributed by atoms with Crippen LogP contribution in [-0.4, -0.2) is 17.4 Å². The lowest BCUT2D eigenvalue weighted by Crippen LogP contribution is -2.14. The number of nitrogens with zero attached hydrogens (tertiary/aromatic N) is 1. The zero-order chi connectivity index (χ0) is 13.5. The van der Waals surface area contributed by atoms with E-state index in [1.54, 1.807) is 6.20 Å². The van der Waals surface area contributed by atoms with Gasteiger partial charge in [0.1, 0.15) is 5.84 Å². The van der Waals surface area contributed by atoms with Crippen molar-refractivity contribution in [1.29, 1.82) is 5.41 Å². The predicted molar refractivity (Wildman–Crippen MR) is 75.1 cm³/mol. The zero-order valence-corrected chi connectivity index (χ0v) is 10.7. The normalized spacial score (nSPS) is 10.3. The molecule has 0 fully saturated rings. The van der Waals surface area contributed by atoms with Gasteiger partial charge in [-0.05, 0) is 17.7 Å². The van der Waals surface area contributed by atoms with Crippen LogP contribution in [0.3, 0.4) is 0 Å². The Hall–Kier alpha value is -2.20. The molecule has 3 N–H and O–H groups in total. The molecule has 0 aliphatic rings. The standard InChI is InChI=1S/C15H17N3O/c16-15(17)14-7-2-1-5-12(14)11-19-10-8-13-6-3-4-9-18-13/h1-7,9H,8,10-11H2,(H3,16,17). The van der Waals surface area contributed by atoms with Crippen molar-refractivity contribution in [3.63, 3.8) is 0 Å². The number of aromatic nitrogens is 1. The number of nitrogens with two attached hydrogens (primary N) is 1. The summed E-state index contributed by atoms with van der Waals surface area (Å²) in [5, 5.41) is 7.50. The summed E-state index contributed by atoms with van der Waals surface area (Å²) in [5.41, 5.74) is 8.22. The van der Waals surface area contributed by atoms with E-state index in [2.05, 4.69) is 4.98 Å². The Morgan fingerprint density at radius 1 is 1.16 bits per heavy atom. The molecule has 0 saturated carbocycles. The molecular formula is C15H17N3O. The van der Waals surface area contributed by atoms with E-state index in [1.807, 2.05) is 42.5 Å². The van der Waals surface area contributed by atoms with Gasteiger partial charge in [-0.2, -0.15) is 0 Å². The Kier molecular flexibility index (Phi) is 4.64. The molecule has 1 aromatic carbocycles. The molecule has 0 radical (unpaired) electrons. The minimum Gasteiger partial charge on any atom is -0.384 e. The number of pyridine rings is 1. The molecule has 19 heavy (non-hydrogen) atoms. The van der Waals surface area contributed by atoms with Gasteiger partial charge in [0.25, 0.3) is 0 Å². The third-order valence-corrected chi connectivity index (χ3v) is 2.79. The number of nitrogen functional groups attached to an aromatic ring is 1. The minimum atomic E-state index is 0.0731. The number of hydrogen-bond acceptors (Lipinski definition) is 3. The summed E-state index contributed by atoms with van der Waals surface area (Å²) in [6, 6.07) is 13.4. The Morgan fingerprint density at radius 3 is 2.68 bits per heavy atom. The van der Waals surface area contributed by atoms with E-state index in [9.17, 15) is 0 Å². The molecule has 4 heteroatoms. The average molecular weight is 255 g/mol. The first kappa shape index (κ1) is 13.2. The van der Waals surface area contributed by atoms with Crippen molar-refractivity contribution in [3.8, 4) is 0 Å². The van der Waals surface area contributed by atoms with E-state index >= 15 is 0 Å². The molecule has 1 aromatic heterocycles. The summed E-state index contributed by atoms with van der Waals surface area (Å²) in [4.78, 5) is 4.23. The third kappa shape index (κ3) is 3.89. The van der Waals surface area contributed by atoms with E-state index < -0.39 is 0 Å². The van der Waals surface area contributed by atoms with E-state index in [1.165, 1.54) is 0 Å². The maximum Gasteiger partial charge on any atom is 0.123 e. The van der Waals surface area contributed by atoms with Crippen molar-refractivity contribution < 1.29 is 4.74 Å². The SMILES string of the molecule is N=C(N)c1ccccc1COCCc1ccccn1. The highest BCUT2D eigenvalue weighted by Crippen LogP contribution is 2.09. The van der Waals surface area contributed by atoms with Gasteiger partial charge in [-0.1, -0.05) is 30.3 Å². The second-order valence-electron chi connectivity index (χ2n) is 4.19. The Morgan fingerprint density at radius 2 is 1.95 bits per heavy atom. The number of ether oxygens (including phenoxy) is 1. The fraction of sp³-hybridized carbons (Fsp3) is 0.200. The van der Waals surface area contributed by atoms with Crippen molar-refractivity contribution >= 4 is 5.84 Å². The topological polar surface area (TPSA) is 72.0 Å². The summed E-state index contributed by atoms with van der Waals surface area (Å²) in [6.45, 7) is 1.06. The zero-order valence-electron chi connectivity index (χ0n) is 10.7. The number of nitrogens with one attached hydrogen (secondary N) is 1. The number of benzene rings is 1. The summed E-state index contributed by atoms with van der Waals surface area (Å²) >= 11 is 0. The average Bonchev–Trinajstić information content (AvgIpc) is 2.45. The maximum atomic E-state index is 7.50. The molecular weight excluding hydrogens is 238 g/mol. The minimum absolute atomic E-state index is 0.0731. The van der Waals surface area contributed by atoms with Gasteiger partial charge < -0.3 is 10.5 Å². The summed E-state index contributed by atoms with van der Waals surface area (Å²) in [7, 11) is 0. The number of hydrogen-bond donors (Lipinski definition) is 2. The van der Waals surface area contributed by atoms with Crippen molar-refractivity contribution in [2.24, 2.45) is 5.73 Å². The highest BCUT2D eigenvalue weighted by Gasteiger charge is 2.04. The predicted octanol–water partition coefficient (Wildman–Crippen LogP) is 2.12. The van der Waals surface area contributed by atoms with Gasteiger partial charge in [-0.15, -0.1) is 0 Å². The molecule has 1 heterocycles. The smallest absolute Gasteiger partial charge is 0.123 e. The largest absolute Gasteiger partial charge is 0.384 e. The molecule has 0 amide bonds. The molecule has 0 aliphatic carbocycles. The Balaban J connectivity index is 1.85. The number of amidine groups is 1. The van der Waals surface area contributed by atoms with Gasteiger partial charge in [0.05, 0.1) is 13.2 Å². The van der Waals surface area contributed by atoms with Gasteiger partial charge in [0.15, 0.2) is 0 Å². The van der Waals surface area contributed by atoms with E-state index in [0.29, 0.717) is 13.2 Å². The lowest BCUT2D eigenvalue weighted by Gasteiger charge is -2.08. The van der Waals surface area contributed by atoms with Crippen LogP contribution >= 0.6 is 0 Å². The molecule has 4 nitrogen and oxygen atoms in total. The number of rotatable bonds is 6. The van der Waals surface area contributed by atoms with Gasteiger partial charge in [0.2, 0.25) is 0 Å². The van der Waals surface area contributed by atoms with Gasteiger partial charge >= 0.3 is 0 Å². The van der Waals surface area contributed by atoms with Crippen LogP contribution in [0.25, 0.3) is 0 Å².